The highest BCUT2D eigenvalue weighted by atomic mass is 127. The first-order valence-electron chi connectivity index (χ1n) is 3.14. The van der Waals surface area contributed by atoms with Gasteiger partial charge in [0.2, 0.25) is 5.91 Å². The standard InChI is InChI=1S/C6H12INO/c1-2-3-4-8-6(9)5-7/h2-5H2,1H3,(H,8,9). The van der Waals surface area contributed by atoms with Crippen molar-refractivity contribution in [1.29, 1.82) is 0 Å². The Morgan fingerprint density at radius 3 is 2.78 bits per heavy atom. The summed E-state index contributed by atoms with van der Waals surface area (Å²) in [4.78, 5) is 10.6. The highest BCUT2D eigenvalue weighted by molar-refractivity contribution is 14.1. The molecule has 0 aromatic carbocycles. The van der Waals surface area contributed by atoms with Gasteiger partial charge in [0.05, 0.1) is 4.43 Å². The molecule has 0 aliphatic carbocycles. The molecule has 0 saturated carbocycles. The van der Waals surface area contributed by atoms with E-state index in [-0.39, 0.29) is 5.91 Å². The molecule has 0 aliphatic heterocycles. The summed E-state index contributed by atoms with van der Waals surface area (Å²) in [5.74, 6) is 0.143. The molecule has 54 valence electrons. The summed E-state index contributed by atoms with van der Waals surface area (Å²) < 4.78 is 0.571. The fourth-order valence-electron chi connectivity index (χ4n) is 0.452. The van der Waals surface area contributed by atoms with E-state index in [1.807, 2.05) is 0 Å². The molecule has 0 spiro atoms. The van der Waals surface area contributed by atoms with E-state index >= 15 is 0 Å². The molecule has 0 aliphatic rings. The summed E-state index contributed by atoms with van der Waals surface area (Å²) in [6.45, 7) is 2.94. The van der Waals surface area contributed by atoms with Gasteiger partial charge >= 0.3 is 0 Å². The van der Waals surface area contributed by atoms with Gasteiger partial charge in [-0.2, -0.15) is 0 Å². The zero-order valence-electron chi connectivity index (χ0n) is 5.61. The maximum Gasteiger partial charge on any atom is 0.229 e. The molecule has 1 N–H and O–H groups in total. The van der Waals surface area contributed by atoms with Crippen molar-refractivity contribution in [3.63, 3.8) is 0 Å². The highest BCUT2D eigenvalue weighted by Crippen LogP contribution is 1.84. The van der Waals surface area contributed by atoms with Crippen molar-refractivity contribution >= 4 is 28.5 Å². The molecule has 0 unspecified atom stereocenters. The summed E-state index contributed by atoms with van der Waals surface area (Å²) in [6.07, 6.45) is 2.23. The molecule has 1 amide bonds. The molecule has 0 rings (SSSR count). The highest BCUT2D eigenvalue weighted by Gasteiger charge is 1.93. The van der Waals surface area contributed by atoms with E-state index in [9.17, 15) is 4.79 Å². The normalized spacial score (nSPS) is 9.11. The zero-order valence-corrected chi connectivity index (χ0v) is 7.77. The van der Waals surface area contributed by atoms with Crippen LogP contribution in [0.3, 0.4) is 0 Å². The summed E-state index contributed by atoms with van der Waals surface area (Å²) >= 11 is 2.05. The average molecular weight is 241 g/mol. The van der Waals surface area contributed by atoms with Gasteiger partial charge in [-0.25, -0.2) is 0 Å². The maximum atomic E-state index is 10.6. The number of carbonyl (C=O) groups is 1. The molecule has 0 fully saturated rings. The van der Waals surface area contributed by atoms with Gasteiger partial charge in [-0.3, -0.25) is 4.79 Å². The van der Waals surface area contributed by atoms with Crippen LogP contribution >= 0.6 is 22.6 Å². The predicted octanol–water partition coefficient (Wildman–Crippen LogP) is 1.34. The Labute approximate surface area is 69.5 Å². The molecular formula is C6H12INO. The van der Waals surface area contributed by atoms with E-state index in [2.05, 4.69) is 34.8 Å². The van der Waals surface area contributed by atoms with Crippen LogP contribution in [-0.2, 0) is 4.79 Å². The van der Waals surface area contributed by atoms with Gasteiger partial charge in [-0.15, -0.1) is 0 Å². The van der Waals surface area contributed by atoms with Crippen LogP contribution in [0.4, 0.5) is 0 Å². The van der Waals surface area contributed by atoms with Crippen molar-refractivity contribution in [2.75, 3.05) is 11.0 Å². The molecule has 0 aromatic rings. The Bertz CT molecular complexity index is 85.1. The molecule has 0 atom stereocenters. The average Bonchev–Trinajstić information content (AvgIpc) is 1.89. The van der Waals surface area contributed by atoms with Crippen molar-refractivity contribution in [1.82, 2.24) is 5.32 Å². The van der Waals surface area contributed by atoms with Crippen molar-refractivity contribution in [3.8, 4) is 0 Å². The summed E-state index contributed by atoms with van der Waals surface area (Å²) in [5.41, 5.74) is 0. The van der Waals surface area contributed by atoms with Crippen molar-refractivity contribution in [2.24, 2.45) is 0 Å². The molecule has 0 heterocycles. The van der Waals surface area contributed by atoms with E-state index in [0.29, 0.717) is 4.43 Å². The largest absolute Gasteiger partial charge is 0.355 e. The van der Waals surface area contributed by atoms with Crippen LogP contribution in [-0.4, -0.2) is 16.9 Å². The van der Waals surface area contributed by atoms with E-state index < -0.39 is 0 Å². The molecular weight excluding hydrogens is 229 g/mol. The minimum atomic E-state index is 0.143. The third-order valence-electron chi connectivity index (χ3n) is 0.974. The molecule has 3 heteroatoms. The van der Waals surface area contributed by atoms with Gasteiger partial charge in [0, 0.05) is 6.54 Å². The third kappa shape index (κ3) is 6.08. The SMILES string of the molecule is CCCCNC(=O)CI. The van der Waals surface area contributed by atoms with Gasteiger partial charge in [0.15, 0.2) is 0 Å². The zero-order chi connectivity index (χ0) is 7.11. The van der Waals surface area contributed by atoms with Crippen molar-refractivity contribution < 1.29 is 4.79 Å². The van der Waals surface area contributed by atoms with Gasteiger partial charge in [-0.05, 0) is 6.42 Å². The van der Waals surface area contributed by atoms with Crippen LogP contribution in [0.25, 0.3) is 0 Å². The van der Waals surface area contributed by atoms with Gasteiger partial charge in [0.1, 0.15) is 0 Å². The smallest absolute Gasteiger partial charge is 0.229 e. The minimum Gasteiger partial charge on any atom is -0.355 e. The molecule has 0 saturated heterocycles. The van der Waals surface area contributed by atoms with E-state index in [0.717, 1.165) is 19.4 Å². The van der Waals surface area contributed by atoms with Crippen LogP contribution in [0.15, 0.2) is 0 Å². The monoisotopic (exact) mass is 241 g/mol. The Morgan fingerprint density at radius 1 is 1.67 bits per heavy atom. The predicted molar refractivity (Wildman–Crippen MR) is 46.8 cm³/mol. The second-order valence-electron chi connectivity index (χ2n) is 1.84. The number of nitrogens with one attached hydrogen (secondary N) is 1. The summed E-state index contributed by atoms with van der Waals surface area (Å²) in [5, 5.41) is 2.79. The van der Waals surface area contributed by atoms with E-state index in [1.165, 1.54) is 0 Å². The van der Waals surface area contributed by atoms with Crippen molar-refractivity contribution in [3.05, 3.63) is 0 Å². The fraction of sp³-hybridized carbons (Fsp3) is 0.833. The Kier molecular flexibility index (Phi) is 6.46. The quantitative estimate of drug-likeness (QED) is 0.449. The molecule has 0 bridgehead atoms. The minimum absolute atomic E-state index is 0.143. The van der Waals surface area contributed by atoms with Crippen LogP contribution in [0, 0.1) is 0 Å². The van der Waals surface area contributed by atoms with Crippen LogP contribution in [0.2, 0.25) is 0 Å². The molecule has 9 heavy (non-hydrogen) atoms. The lowest BCUT2D eigenvalue weighted by atomic mass is 10.3. The number of halogens is 1. The topological polar surface area (TPSA) is 29.1 Å². The van der Waals surface area contributed by atoms with Gasteiger partial charge in [-0.1, -0.05) is 35.9 Å². The number of carbonyl (C=O) groups excluding carboxylic acids is 1. The Morgan fingerprint density at radius 2 is 2.33 bits per heavy atom. The van der Waals surface area contributed by atoms with Crippen LogP contribution < -0.4 is 5.32 Å². The number of amides is 1. The number of alkyl halides is 1. The first-order chi connectivity index (χ1) is 4.31. The molecule has 0 radical (unpaired) electrons. The Hall–Kier alpha value is 0.200. The fourth-order valence-corrected chi connectivity index (χ4v) is 0.722. The number of hydrogen-bond donors (Lipinski definition) is 1. The third-order valence-corrected chi connectivity index (χ3v) is 1.67. The van der Waals surface area contributed by atoms with Crippen molar-refractivity contribution in [2.45, 2.75) is 19.8 Å². The van der Waals surface area contributed by atoms with Crippen LogP contribution in [0.5, 0.6) is 0 Å². The van der Waals surface area contributed by atoms with Gasteiger partial charge in [0.25, 0.3) is 0 Å². The first kappa shape index (κ1) is 9.20. The second kappa shape index (κ2) is 6.32. The van der Waals surface area contributed by atoms with E-state index in [4.69, 9.17) is 0 Å². The maximum absolute atomic E-state index is 10.6. The van der Waals surface area contributed by atoms with Gasteiger partial charge < -0.3 is 5.32 Å². The summed E-state index contributed by atoms with van der Waals surface area (Å²) in [6, 6.07) is 0. The lowest BCUT2D eigenvalue weighted by Gasteiger charge is -1.98. The number of hydrogen-bond acceptors (Lipinski definition) is 1. The molecule has 0 aromatic heterocycles. The molecule has 2 nitrogen and oxygen atoms in total. The van der Waals surface area contributed by atoms with Crippen LogP contribution in [0.1, 0.15) is 19.8 Å². The van der Waals surface area contributed by atoms with E-state index in [1.54, 1.807) is 0 Å². The lowest BCUT2D eigenvalue weighted by molar-refractivity contribution is -0.118. The Balaban J connectivity index is 2.97. The summed E-state index contributed by atoms with van der Waals surface area (Å²) in [7, 11) is 0. The lowest BCUT2D eigenvalue weighted by Crippen LogP contribution is -2.24. The number of unbranched alkanes of at least 4 members (excludes halogenated alkanes) is 1. The second-order valence-corrected chi connectivity index (χ2v) is 2.60. The first-order valence-corrected chi connectivity index (χ1v) is 4.66. The number of rotatable bonds is 4.